The van der Waals surface area contributed by atoms with Gasteiger partial charge in [-0.25, -0.2) is 4.39 Å². The van der Waals surface area contributed by atoms with Crippen molar-refractivity contribution in [3.63, 3.8) is 0 Å². The van der Waals surface area contributed by atoms with Crippen molar-refractivity contribution in [1.29, 1.82) is 0 Å². The van der Waals surface area contributed by atoms with Crippen molar-refractivity contribution in [1.82, 2.24) is 14.4 Å². The number of β-amino-alcohol motifs (C(OH)–C–C–N with tert-alkyl or cyclic N) is 1. The number of hydrogen-bond acceptors (Lipinski definition) is 3. The molecule has 0 bridgehead atoms. The van der Waals surface area contributed by atoms with Gasteiger partial charge in [0.25, 0.3) is 0 Å². The Balaban J connectivity index is 1.16. The van der Waals surface area contributed by atoms with Gasteiger partial charge < -0.3 is 9.67 Å². The lowest BCUT2D eigenvalue weighted by Crippen LogP contribution is -2.48. The molecule has 2 heterocycles. The van der Waals surface area contributed by atoms with E-state index in [1.807, 2.05) is 54.6 Å². The number of alkyl halides is 3. The van der Waals surface area contributed by atoms with Gasteiger partial charge in [-0.2, -0.15) is 13.2 Å². The Labute approximate surface area is 236 Å². The Morgan fingerprint density at radius 3 is 2.02 bits per heavy atom. The van der Waals surface area contributed by atoms with E-state index in [9.17, 15) is 22.7 Å². The first-order chi connectivity index (χ1) is 19.7. The summed E-state index contributed by atoms with van der Waals surface area (Å²) >= 11 is 0. The largest absolute Gasteiger partial charge is 0.416 e. The van der Waals surface area contributed by atoms with Crippen LogP contribution in [0.4, 0.5) is 17.6 Å². The maximum absolute atomic E-state index is 13.2. The predicted molar refractivity (Wildman–Crippen MR) is 154 cm³/mol. The number of halogens is 4. The van der Waals surface area contributed by atoms with Gasteiger partial charge >= 0.3 is 6.18 Å². The van der Waals surface area contributed by atoms with E-state index in [0.29, 0.717) is 13.1 Å². The third-order valence-corrected chi connectivity index (χ3v) is 7.96. The van der Waals surface area contributed by atoms with E-state index in [4.69, 9.17) is 0 Å². The second kappa shape index (κ2) is 11.3. The Hall–Kier alpha value is -3.72. The molecule has 0 aliphatic carbocycles. The predicted octanol–water partition coefficient (Wildman–Crippen LogP) is 6.80. The highest BCUT2D eigenvalue weighted by Gasteiger charge is 2.30. The SMILES string of the molecule is OC(CN1CCN(Cc2ccc(F)cc2)CC1)Cn1c2ccccc2c2cc(-c3ccc(C(F)(F)F)cc3)ccc21. The molecule has 0 amide bonds. The number of rotatable bonds is 7. The quantitative estimate of drug-likeness (QED) is 0.222. The molecular weight excluding hydrogens is 530 g/mol. The van der Waals surface area contributed by atoms with Crippen molar-refractivity contribution in [3.05, 3.63) is 108 Å². The van der Waals surface area contributed by atoms with Gasteiger partial charge in [-0.05, 0) is 59.2 Å². The first-order valence-electron chi connectivity index (χ1n) is 13.8. The normalized spacial score (nSPS) is 16.0. The molecule has 212 valence electrons. The fraction of sp³-hybridized carbons (Fsp3) is 0.273. The number of aliphatic hydroxyl groups is 1. The zero-order valence-corrected chi connectivity index (χ0v) is 22.5. The molecule has 1 unspecified atom stereocenters. The Morgan fingerprint density at radius 2 is 1.32 bits per heavy atom. The van der Waals surface area contributed by atoms with Gasteiger partial charge in [0.1, 0.15) is 5.82 Å². The standard InChI is InChI=1S/C33H31F4N3O/c34-27-12-5-23(6-13-27)20-38-15-17-39(18-16-38)21-28(41)22-40-31-4-2-1-3-29(31)30-19-25(9-14-32(30)40)24-7-10-26(11-8-24)33(35,36)37/h1-14,19,28,41H,15-18,20-22H2. The highest BCUT2D eigenvalue weighted by Crippen LogP contribution is 2.35. The molecule has 1 N–H and O–H groups in total. The maximum atomic E-state index is 13.2. The molecule has 1 saturated heterocycles. The van der Waals surface area contributed by atoms with Gasteiger partial charge in [0, 0.05) is 61.1 Å². The van der Waals surface area contributed by atoms with Crippen molar-refractivity contribution in [2.24, 2.45) is 0 Å². The van der Waals surface area contributed by atoms with Crippen molar-refractivity contribution >= 4 is 21.8 Å². The van der Waals surface area contributed by atoms with Crippen molar-refractivity contribution < 1.29 is 22.7 Å². The summed E-state index contributed by atoms with van der Waals surface area (Å²) in [7, 11) is 0. The van der Waals surface area contributed by atoms with Gasteiger partial charge in [0.15, 0.2) is 0 Å². The first-order valence-corrected chi connectivity index (χ1v) is 13.8. The van der Waals surface area contributed by atoms with Crippen LogP contribution in [-0.2, 0) is 19.3 Å². The molecule has 4 aromatic carbocycles. The molecule has 6 rings (SSSR count). The summed E-state index contributed by atoms with van der Waals surface area (Å²) in [4.78, 5) is 4.62. The number of nitrogens with zero attached hydrogens (tertiary/aromatic N) is 3. The van der Waals surface area contributed by atoms with Crippen LogP contribution in [0, 0.1) is 5.82 Å². The lowest BCUT2D eigenvalue weighted by atomic mass is 10.0. The van der Waals surface area contributed by atoms with Gasteiger partial charge in [-0.1, -0.05) is 48.5 Å². The smallest absolute Gasteiger partial charge is 0.390 e. The zero-order valence-electron chi connectivity index (χ0n) is 22.5. The third-order valence-electron chi connectivity index (χ3n) is 7.96. The van der Waals surface area contributed by atoms with E-state index >= 15 is 0 Å². The van der Waals surface area contributed by atoms with Crippen molar-refractivity contribution in [2.45, 2.75) is 25.4 Å². The summed E-state index contributed by atoms with van der Waals surface area (Å²) < 4.78 is 54.4. The monoisotopic (exact) mass is 561 g/mol. The number of piperazine rings is 1. The second-order valence-electron chi connectivity index (χ2n) is 10.8. The zero-order chi connectivity index (χ0) is 28.6. The fourth-order valence-electron chi connectivity index (χ4n) is 5.83. The summed E-state index contributed by atoms with van der Waals surface area (Å²) in [5, 5.41) is 13.2. The molecule has 8 heteroatoms. The van der Waals surface area contributed by atoms with Crippen molar-refractivity contribution in [2.75, 3.05) is 32.7 Å². The van der Waals surface area contributed by atoms with Crippen LogP contribution in [0.25, 0.3) is 32.9 Å². The molecule has 1 fully saturated rings. The summed E-state index contributed by atoms with van der Waals surface area (Å²) in [5.74, 6) is -0.226. The minimum Gasteiger partial charge on any atom is -0.390 e. The minimum absolute atomic E-state index is 0.226. The molecular formula is C33H31F4N3O. The molecule has 0 radical (unpaired) electrons. The molecule has 41 heavy (non-hydrogen) atoms. The van der Waals surface area contributed by atoms with Crippen LogP contribution in [0.2, 0.25) is 0 Å². The second-order valence-corrected chi connectivity index (χ2v) is 10.8. The molecule has 1 aromatic heterocycles. The molecule has 0 spiro atoms. The lowest BCUT2D eigenvalue weighted by Gasteiger charge is -2.35. The number of hydrogen-bond donors (Lipinski definition) is 1. The molecule has 4 nitrogen and oxygen atoms in total. The fourth-order valence-corrected chi connectivity index (χ4v) is 5.83. The number of para-hydroxylation sites is 1. The summed E-state index contributed by atoms with van der Waals surface area (Å²) in [5.41, 5.74) is 3.97. The highest BCUT2D eigenvalue weighted by atomic mass is 19.4. The number of aliphatic hydroxyl groups excluding tert-OH is 1. The molecule has 5 aromatic rings. The number of benzene rings is 4. The Kier molecular flexibility index (Phi) is 7.55. The van der Waals surface area contributed by atoms with E-state index < -0.39 is 17.8 Å². The third kappa shape index (κ3) is 6.00. The van der Waals surface area contributed by atoms with Crippen LogP contribution >= 0.6 is 0 Å². The van der Waals surface area contributed by atoms with E-state index in [0.717, 1.165) is 83.4 Å². The number of fused-ring (bicyclic) bond motifs is 3. The van der Waals surface area contributed by atoms with Crippen LogP contribution in [0.5, 0.6) is 0 Å². The number of aromatic nitrogens is 1. The van der Waals surface area contributed by atoms with Crippen molar-refractivity contribution in [3.8, 4) is 11.1 Å². The average molecular weight is 562 g/mol. The Morgan fingerprint density at radius 1 is 0.683 bits per heavy atom. The highest BCUT2D eigenvalue weighted by molar-refractivity contribution is 6.09. The van der Waals surface area contributed by atoms with Crippen LogP contribution < -0.4 is 0 Å². The van der Waals surface area contributed by atoms with Crippen LogP contribution in [0.3, 0.4) is 0 Å². The van der Waals surface area contributed by atoms with Gasteiger partial charge in [0.05, 0.1) is 18.2 Å². The van der Waals surface area contributed by atoms with E-state index in [1.165, 1.54) is 24.3 Å². The summed E-state index contributed by atoms with van der Waals surface area (Å²) in [6, 6.07) is 25.8. The molecule has 1 aliphatic rings. The molecule has 1 aliphatic heterocycles. The van der Waals surface area contributed by atoms with Gasteiger partial charge in [-0.3, -0.25) is 9.80 Å². The first kappa shape index (κ1) is 27.4. The van der Waals surface area contributed by atoms with E-state index in [2.05, 4.69) is 14.4 Å². The average Bonchev–Trinajstić information content (AvgIpc) is 3.27. The van der Waals surface area contributed by atoms with E-state index in [-0.39, 0.29) is 5.82 Å². The van der Waals surface area contributed by atoms with Crippen LogP contribution in [-0.4, -0.2) is 58.3 Å². The topological polar surface area (TPSA) is 31.6 Å². The van der Waals surface area contributed by atoms with Crippen LogP contribution in [0.1, 0.15) is 11.1 Å². The van der Waals surface area contributed by atoms with Crippen LogP contribution in [0.15, 0.2) is 91.0 Å². The van der Waals surface area contributed by atoms with Gasteiger partial charge in [0.2, 0.25) is 0 Å². The van der Waals surface area contributed by atoms with Gasteiger partial charge in [-0.15, -0.1) is 0 Å². The summed E-state index contributed by atoms with van der Waals surface area (Å²) in [6.07, 6.45) is -4.94. The lowest BCUT2D eigenvalue weighted by molar-refractivity contribution is -0.137. The molecule has 1 atom stereocenters. The van der Waals surface area contributed by atoms with E-state index in [1.54, 1.807) is 0 Å². The Bertz CT molecular complexity index is 1640. The molecule has 0 saturated carbocycles. The maximum Gasteiger partial charge on any atom is 0.416 e. The summed E-state index contributed by atoms with van der Waals surface area (Å²) in [6.45, 7) is 5.23. The minimum atomic E-state index is -4.37.